The third-order valence-electron chi connectivity index (χ3n) is 1.89. The molecule has 0 amide bonds. The van der Waals surface area contributed by atoms with E-state index in [4.69, 9.17) is 4.74 Å². The molecule has 11 heavy (non-hydrogen) atoms. The molecule has 1 aliphatic heterocycles. The first-order valence-corrected chi connectivity index (χ1v) is 3.99. The van der Waals surface area contributed by atoms with Gasteiger partial charge in [0.25, 0.3) is 0 Å². The van der Waals surface area contributed by atoms with E-state index >= 15 is 0 Å². The fraction of sp³-hybridized carbons (Fsp3) is 0.875. The summed E-state index contributed by atoms with van der Waals surface area (Å²) in [4.78, 5) is 10.6. The number of hydrogen-bond donors (Lipinski definition) is 1. The van der Waals surface area contributed by atoms with Crippen LogP contribution in [0.4, 0.5) is 0 Å². The Morgan fingerprint density at radius 1 is 1.82 bits per heavy atom. The summed E-state index contributed by atoms with van der Waals surface area (Å²) in [5, 5.41) is 9.37. The minimum Gasteiger partial charge on any atom is -0.390 e. The lowest BCUT2D eigenvalue weighted by Crippen LogP contribution is -2.26. The van der Waals surface area contributed by atoms with Crippen molar-refractivity contribution in [3.05, 3.63) is 0 Å². The molecule has 2 unspecified atom stereocenters. The van der Waals surface area contributed by atoms with Crippen molar-refractivity contribution in [1.82, 2.24) is 0 Å². The molecule has 1 heterocycles. The van der Waals surface area contributed by atoms with Crippen LogP contribution in [0.3, 0.4) is 0 Å². The van der Waals surface area contributed by atoms with Gasteiger partial charge in [0.15, 0.2) is 0 Å². The highest BCUT2D eigenvalue weighted by Crippen LogP contribution is 2.17. The molecule has 1 aliphatic rings. The van der Waals surface area contributed by atoms with Crippen LogP contribution in [-0.4, -0.2) is 29.7 Å². The van der Waals surface area contributed by atoms with Crippen molar-refractivity contribution >= 4 is 5.78 Å². The predicted octanol–water partition coefficient (Wildman–Crippen LogP) is 0.505. The zero-order chi connectivity index (χ0) is 8.27. The summed E-state index contributed by atoms with van der Waals surface area (Å²) in [7, 11) is 0. The maximum Gasteiger partial charge on any atom is 0.132 e. The highest BCUT2D eigenvalue weighted by Gasteiger charge is 2.24. The van der Waals surface area contributed by atoms with Crippen molar-refractivity contribution in [2.24, 2.45) is 0 Å². The SMILES string of the molecule is CC(=O)CC(O)C1CCCO1. The number of ketones is 1. The topological polar surface area (TPSA) is 46.5 Å². The molecule has 0 radical (unpaired) electrons. The van der Waals surface area contributed by atoms with Crippen molar-refractivity contribution in [3.8, 4) is 0 Å². The lowest BCUT2D eigenvalue weighted by Gasteiger charge is -2.15. The van der Waals surface area contributed by atoms with Crippen LogP contribution < -0.4 is 0 Å². The predicted molar refractivity (Wildman–Crippen MR) is 40.3 cm³/mol. The summed E-state index contributed by atoms with van der Waals surface area (Å²) < 4.78 is 5.21. The Balaban J connectivity index is 2.28. The van der Waals surface area contributed by atoms with Gasteiger partial charge < -0.3 is 9.84 Å². The van der Waals surface area contributed by atoms with Crippen LogP contribution in [0, 0.1) is 0 Å². The number of hydrogen-bond acceptors (Lipinski definition) is 3. The summed E-state index contributed by atoms with van der Waals surface area (Å²) in [6.07, 6.45) is 1.42. The van der Waals surface area contributed by atoms with Crippen LogP contribution in [0.25, 0.3) is 0 Å². The van der Waals surface area contributed by atoms with Crippen molar-refractivity contribution in [1.29, 1.82) is 0 Å². The van der Waals surface area contributed by atoms with Crippen LogP contribution in [0.2, 0.25) is 0 Å². The molecule has 0 saturated carbocycles. The highest BCUT2D eigenvalue weighted by atomic mass is 16.5. The molecule has 3 heteroatoms. The molecular formula is C8H14O3. The normalized spacial score (nSPS) is 26.9. The fourth-order valence-electron chi connectivity index (χ4n) is 1.33. The molecule has 0 spiro atoms. The van der Waals surface area contributed by atoms with Crippen LogP contribution in [0.1, 0.15) is 26.2 Å². The van der Waals surface area contributed by atoms with E-state index in [1.54, 1.807) is 0 Å². The number of Topliss-reactive ketones (excluding diaryl/α,β-unsaturated/α-hetero) is 1. The molecule has 0 aromatic rings. The Labute approximate surface area is 66.4 Å². The van der Waals surface area contributed by atoms with Gasteiger partial charge in [0.2, 0.25) is 0 Å². The lowest BCUT2D eigenvalue weighted by molar-refractivity contribution is -0.120. The molecule has 1 fully saturated rings. The van der Waals surface area contributed by atoms with Crippen molar-refractivity contribution < 1.29 is 14.6 Å². The zero-order valence-corrected chi connectivity index (χ0v) is 6.75. The molecule has 1 rings (SSSR count). The molecule has 3 nitrogen and oxygen atoms in total. The van der Waals surface area contributed by atoms with Crippen molar-refractivity contribution in [2.75, 3.05) is 6.61 Å². The Kier molecular flexibility index (Phi) is 3.02. The fourth-order valence-corrected chi connectivity index (χ4v) is 1.33. The Morgan fingerprint density at radius 3 is 3.00 bits per heavy atom. The Hall–Kier alpha value is -0.410. The molecule has 0 bridgehead atoms. The van der Waals surface area contributed by atoms with Gasteiger partial charge in [-0.25, -0.2) is 0 Å². The van der Waals surface area contributed by atoms with Gasteiger partial charge >= 0.3 is 0 Å². The Bertz CT molecular complexity index is 138. The van der Waals surface area contributed by atoms with E-state index in [-0.39, 0.29) is 18.3 Å². The average Bonchev–Trinajstić information content (AvgIpc) is 2.35. The first-order valence-electron chi connectivity index (χ1n) is 3.99. The molecule has 64 valence electrons. The summed E-state index contributed by atoms with van der Waals surface area (Å²) in [6, 6.07) is 0. The maximum atomic E-state index is 10.6. The van der Waals surface area contributed by atoms with E-state index < -0.39 is 6.10 Å². The van der Waals surface area contributed by atoms with Crippen molar-refractivity contribution in [3.63, 3.8) is 0 Å². The third-order valence-corrected chi connectivity index (χ3v) is 1.89. The van der Waals surface area contributed by atoms with Gasteiger partial charge in [-0.2, -0.15) is 0 Å². The van der Waals surface area contributed by atoms with Crippen LogP contribution in [0.5, 0.6) is 0 Å². The minimum absolute atomic E-state index is 0.0213. The van der Waals surface area contributed by atoms with Crippen molar-refractivity contribution in [2.45, 2.75) is 38.4 Å². The highest BCUT2D eigenvalue weighted by molar-refractivity contribution is 5.76. The molecule has 1 saturated heterocycles. The van der Waals surface area contributed by atoms with E-state index in [0.717, 1.165) is 19.4 Å². The van der Waals surface area contributed by atoms with E-state index in [1.807, 2.05) is 0 Å². The van der Waals surface area contributed by atoms with Gasteiger partial charge in [-0.15, -0.1) is 0 Å². The molecule has 0 aliphatic carbocycles. The summed E-state index contributed by atoms with van der Waals surface area (Å²) in [5.41, 5.74) is 0. The second-order valence-corrected chi connectivity index (χ2v) is 3.02. The Morgan fingerprint density at radius 2 is 2.55 bits per heavy atom. The summed E-state index contributed by atoms with van der Waals surface area (Å²) in [5.74, 6) is 0.0213. The van der Waals surface area contributed by atoms with Gasteiger partial charge in [-0.05, 0) is 19.8 Å². The van der Waals surface area contributed by atoms with E-state index in [2.05, 4.69) is 0 Å². The quantitative estimate of drug-likeness (QED) is 0.650. The van der Waals surface area contributed by atoms with Gasteiger partial charge in [-0.1, -0.05) is 0 Å². The summed E-state index contributed by atoms with van der Waals surface area (Å²) in [6.45, 7) is 2.21. The van der Waals surface area contributed by atoms with Gasteiger partial charge in [0.05, 0.1) is 12.2 Å². The largest absolute Gasteiger partial charge is 0.390 e. The average molecular weight is 158 g/mol. The number of carbonyl (C=O) groups excluding carboxylic acids is 1. The first-order chi connectivity index (χ1) is 5.20. The van der Waals surface area contributed by atoms with E-state index in [0.29, 0.717) is 0 Å². The molecule has 0 aromatic heterocycles. The van der Waals surface area contributed by atoms with Crippen LogP contribution in [-0.2, 0) is 9.53 Å². The van der Waals surface area contributed by atoms with E-state index in [9.17, 15) is 9.90 Å². The maximum absolute atomic E-state index is 10.6. The van der Waals surface area contributed by atoms with E-state index in [1.165, 1.54) is 6.92 Å². The third kappa shape index (κ3) is 2.60. The number of aliphatic hydroxyl groups excluding tert-OH is 1. The standard InChI is InChI=1S/C8H14O3/c1-6(9)5-7(10)8-3-2-4-11-8/h7-8,10H,2-5H2,1H3. The number of ether oxygens (including phenoxy) is 1. The molecule has 1 N–H and O–H groups in total. The van der Waals surface area contributed by atoms with Gasteiger partial charge in [-0.3, -0.25) is 4.79 Å². The van der Waals surface area contributed by atoms with Gasteiger partial charge in [0.1, 0.15) is 5.78 Å². The van der Waals surface area contributed by atoms with Crippen LogP contribution >= 0.6 is 0 Å². The smallest absolute Gasteiger partial charge is 0.132 e. The molecule has 0 aromatic carbocycles. The summed E-state index contributed by atoms with van der Waals surface area (Å²) >= 11 is 0. The number of rotatable bonds is 3. The second kappa shape index (κ2) is 3.83. The minimum atomic E-state index is -0.588. The van der Waals surface area contributed by atoms with Crippen LogP contribution in [0.15, 0.2) is 0 Å². The number of carbonyl (C=O) groups is 1. The lowest BCUT2D eigenvalue weighted by atomic mass is 10.1. The molecule has 2 atom stereocenters. The zero-order valence-electron chi connectivity index (χ0n) is 6.75. The second-order valence-electron chi connectivity index (χ2n) is 3.02. The first kappa shape index (κ1) is 8.68. The monoisotopic (exact) mass is 158 g/mol. The molecular weight excluding hydrogens is 144 g/mol. The van der Waals surface area contributed by atoms with Gasteiger partial charge in [0, 0.05) is 13.0 Å². The number of aliphatic hydroxyl groups is 1.